The summed E-state index contributed by atoms with van der Waals surface area (Å²) in [5.41, 5.74) is 19.8. The summed E-state index contributed by atoms with van der Waals surface area (Å²) in [5, 5.41) is 9.02. The normalized spacial score (nSPS) is 14.1. The first kappa shape index (κ1) is 90.7. The van der Waals surface area contributed by atoms with Crippen molar-refractivity contribution in [2.45, 2.75) is 182 Å². The summed E-state index contributed by atoms with van der Waals surface area (Å²) >= 11 is 0. The van der Waals surface area contributed by atoms with Gasteiger partial charge in [-0.2, -0.15) is 0 Å². The van der Waals surface area contributed by atoms with E-state index in [1.54, 1.807) is 21.1 Å². The molecule has 0 aliphatic carbocycles. The second kappa shape index (κ2) is 41.0. The van der Waals surface area contributed by atoms with Crippen LogP contribution in [0.15, 0.2) is 225 Å². The minimum atomic E-state index is -1.27. The van der Waals surface area contributed by atoms with Crippen LogP contribution in [0.4, 0.5) is 0 Å². The maximum atomic E-state index is 4.77. The van der Waals surface area contributed by atoms with E-state index in [1.165, 1.54) is 99.8 Å². The van der Waals surface area contributed by atoms with Crippen molar-refractivity contribution in [1.29, 1.82) is 0 Å². The molecule has 3 aliphatic heterocycles. The predicted molar refractivity (Wildman–Crippen MR) is 474 cm³/mol. The molecule has 3 radical (unpaired) electrons. The van der Waals surface area contributed by atoms with Crippen molar-refractivity contribution in [1.82, 2.24) is 29.9 Å². The van der Waals surface area contributed by atoms with E-state index in [1.807, 2.05) is 115 Å². The van der Waals surface area contributed by atoms with Gasteiger partial charge < -0.3 is 29.9 Å². The molecule has 0 spiro atoms. The number of pyridine rings is 6. The average Bonchev–Trinajstić information content (AvgIpc) is 0.794. The first-order valence-electron chi connectivity index (χ1n) is 38.7. The van der Waals surface area contributed by atoms with Gasteiger partial charge in [-0.15, -0.1) is 215 Å². The van der Waals surface area contributed by atoms with E-state index in [0.29, 0.717) is 5.92 Å². The Morgan fingerprint density at radius 3 is 0.827 bits per heavy atom. The van der Waals surface area contributed by atoms with Gasteiger partial charge in [-0.1, -0.05) is 218 Å². The number of rotatable bonds is 14. The standard InChI is InChI=1S/C19H24NSi.2C16H18NSi.2C15H18NSi.C14H16NSi.3Ir/c1-15(2)12-17-13-18(16-8-5-4-6-9-16)20-14-19(17)21(3)10-7-11-21;2*1-13-11-15(14-7-4-3-5-8-14)17-12-16(13)18(2)9-6-10-18;2*1-12-10-14(13-8-6-5-7-9-13)16-11-15(12)17(2,3)4;1-16(2,3)13-9-10-14(15-11-13)12-7-5-4-6-8-12;;;/h4-6,8,13-15H,7,10-12H2,1-3H3;2*3-5,7,11-12H,6,9-10H2,1-2H3;2*5-8,10-11H,1-4H3;4-7,9-11H,1-3H3;;;/q6*-1;;;. The van der Waals surface area contributed by atoms with E-state index in [4.69, 9.17) is 4.98 Å². The Morgan fingerprint density at radius 2 is 0.591 bits per heavy atom. The van der Waals surface area contributed by atoms with Crippen LogP contribution in [0, 0.1) is 70.0 Å². The molecular formula is C95H112Ir3N6Si6-6. The van der Waals surface area contributed by atoms with Crippen molar-refractivity contribution in [2.24, 2.45) is 5.92 Å². The van der Waals surface area contributed by atoms with Crippen LogP contribution in [-0.2, 0) is 66.7 Å². The van der Waals surface area contributed by atoms with Gasteiger partial charge in [0.1, 0.15) is 0 Å². The summed E-state index contributed by atoms with van der Waals surface area (Å²) < 4.78 is 0. The summed E-state index contributed by atoms with van der Waals surface area (Å²) in [7, 11) is -7.19. The summed E-state index contributed by atoms with van der Waals surface area (Å²) in [6.45, 7) is 42.1. The molecule has 9 heterocycles. The van der Waals surface area contributed by atoms with Crippen molar-refractivity contribution in [2.75, 3.05) is 0 Å². The number of benzene rings is 6. The number of aryl methyl sites for hydroxylation is 4. The fraction of sp³-hybridized carbons (Fsp3) is 0.305. The van der Waals surface area contributed by atoms with Gasteiger partial charge in [-0.3, -0.25) is 0 Å². The van der Waals surface area contributed by atoms with Crippen molar-refractivity contribution in [3.63, 3.8) is 0 Å². The van der Waals surface area contributed by atoms with Gasteiger partial charge in [0, 0.05) is 97.5 Å². The fourth-order valence-electron chi connectivity index (χ4n) is 14.7. The second-order valence-electron chi connectivity index (χ2n) is 33.9. The van der Waals surface area contributed by atoms with Crippen LogP contribution in [0.5, 0.6) is 0 Å². The summed E-state index contributed by atoms with van der Waals surface area (Å²) in [6, 6.07) is 91.7. The monoisotopic (exact) mass is 2080 g/mol. The van der Waals surface area contributed by atoms with Crippen molar-refractivity contribution >= 4 is 79.6 Å². The molecule has 110 heavy (non-hydrogen) atoms. The van der Waals surface area contributed by atoms with E-state index in [9.17, 15) is 0 Å². The van der Waals surface area contributed by atoms with E-state index in [-0.39, 0.29) is 60.3 Å². The topological polar surface area (TPSA) is 77.3 Å². The van der Waals surface area contributed by atoms with Gasteiger partial charge >= 0.3 is 0 Å². The Bertz CT molecular complexity index is 4610. The van der Waals surface area contributed by atoms with Crippen LogP contribution in [0.3, 0.4) is 0 Å². The molecule has 0 saturated carbocycles. The van der Waals surface area contributed by atoms with E-state index in [2.05, 4.69) is 291 Å². The Morgan fingerprint density at radius 1 is 0.318 bits per heavy atom. The zero-order valence-electron chi connectivity index (χ0n) is 68.2. The van der Waals surface area contributed by atoms with Crippen LogP contribution in [0.25, 0.3) is 67.5 Å². The molecule has 12 aromatic rings. The third kappa shape index (κ3) is 24.5. The zero-order valence-corrected chi connectivity index (χ0v) is 81.4. The summed E-state index contributed by atoms with van der Waals surface area (Å²) in [4.78, 5) is 27.8. The molecule has 15 rings (SSSR count). The number of hydrogen-bond acceptors (Lipinski definition) is 6. The smallest absolute Gasteiger partial charge is 0.0859 e. The average molecular weight is 2080 g/mol. The van der Waals surface area contributed by atoms with E-state index >= 15 is 0 Å². The number of hydrogen-bond donors (Lipinski definition) is 0. The number of aromatic nitrogens is 6. The Balaban J connectivity index is 0.000000183. The van der Waals surface area contributed by atoms with Gasteiger partial charge in [0.05, 0.1) is 48.4 Å². The first-order valence-corrected chi connectivity index (χ1v) is 57.9. The van der Waals surface area contributed by atoms with E-state index < -0.39 is 48.4 Å². The maximum Gasteiger partial charge on any atom is 0.0859 e. The molecule has 6 aromatic carbocycles. The molecule has 0 atom stereocenters. The van der Waals surface area contributed by atoms with Gasteiger partial charge in [0.2, 0.25) is 0 Å². The minimum absolute atomic E-state index is 0. The van der Waals surface area contributed by atoms with Crippen LogP contribution < -0.4 is 31.1 Å². The van der Waals surface area contributed by atoms with Gasteiger partial charge in [0.15, 0.2) is 0 Å². The van der Waals surface area contributed by atoms with Crippen LogP contribution in [0.1, 0.15) is 60.9 Å². The molecule has 6 nitrogen and oxygen atoms in total. The predicted octanol–water partition coefficient (Wildman–Crippen LogP) is 21.4. The molecule has 0 amide bonds. The largest absolute Gasteiger partial charge is 0.305 e. The van der Waals surface area contributed by atoms with Crippen molar-refractivity contribution in [3.05, 3.63) is 289 Å². The SMILES string of the molecule is CC(C)Cc1cc(-c2[c-]cccc2)ncc1[Si]1(C)CCC1.C[Si](C)(C)c1ccc(-c2[c-]cccc2)nc1.Cc1cc(-c2[c-]cccc2)ncc1[Si](C)(C)C.Cc1cc(-c2[c-]cccc2)ncc1[Si](C)(C)C.Cc1cc(-c2[c-]cccc2)ncc1[Si]1(C)CCC1.Cc1cc(-c2[c-]cccc2)ncc1[Si]1(C)CCC1.[Ir].[Ir].[Ir]. The second-order valence-corrected chi connectivity index (χ2v) is 63.1. The molecule has 3 aliphatic rings. The summed E-state index contributed by atoms with van der Waals surface area (Å²) in [6.07, 6.45) is 18.0. The minimum Gasteiger partial charge on any atom is -0.305 e. The molecule has 0 N–H and O–H groups in total. The molecule has 0 bridgehead atoms. The Hall–Kier alpha value is -6.53. The van der Waals surface area contributed by atoms with Crippen molar-refractivity contribution < 1.29 is 60.3 Å². The fourth-order valence-corrected chi connectivity index (χ4v) is 29.1. The molecule has 579 valence electrons. The third-order valence-corrected chi connectivity index (χ3v) is 42.0. The molecule has 6 aromatic heterocycles. The zero-order chi connectivity index (χ0) is 76.6. The Kier molecular flexibility index (Phi) is 33.8. The quantitative estimate of drug-likeness (QED) is 0.0797. The van der Waals surface area contributed by atoms with Crippen molar-refractivity contribution in [3.8, 4) is 67.5 Å². The molecule has 15 heteroatoms. The van der Waals surface area contributed by atoms with Gasteiger partial charge in [-0.25, -0.2) is 0 Å². The van der Waals surface area contributed by atoms with Crippen LogP contribution in [-0.4, -0.2) is 78.3 Å². The third-order valence-electron chi connectivity index (χ3n) is 21.5. The Labute approximate surface area is 708 Å². The molecular weight excluding hydrogens is 1970 g/mol. The van der Waals surface area contributed by atoms with E-state index in [0.717, 1.165) is 67.5 Å². The molecule has 0 unspecified atom stereocenters. The van der Waals surface area contributed by atoms with Gasteiger partial charge in [-0.05, 0) is 105 Å². The molecule has 3 fully saturated rings. The molecule has 3 saturated heterocycles. The summed E-state index contributed by atoms with van der Waals surface area (Å²) in [5.74, 6) is 0.691. The first-order chi connectivity index (χ1) is 51.0. The van der Waals surface area contributed by atoms with Crippen LogP contribution in [0.2, 0.25) is 115 Å². The van der Waals surface area contributed by atoms with Crippen LogP contribution >= 0.6 is 0 Å². The number of nitrogens with zero attached hydrogens (tertiary/aromatic N) is 6. The maximum absolute atomic E-state index is 4.77. The van der Waals surface area contributed by atoms with Gasteiger partial charge in [0.25, 0.3) is 0 Å².